The van der Waals surface area contributed by atoms with Crippen molar-refractivity contribution in [2.24, 2.45) is 5.73 Å². The molecule has 0 heterocycles. The van der Waals surface area contributed by atoms with Crippen LogP contribution >= 0.6 is 39.1 Å². The van der Waals surface area contributed by atoms with Crippen molar-refractivity contribution in [3.8, 4) is 0 Å². The van der Waals surface area contributed by atoms with Crippen molar-refractivity contribution in [1.82, 2.24) is 0 Å². The maximum absolute atomic E-state index is 6.24. The molecule has 106 valence electrons. The molecule has 0 aliphatic rings. The van der Waals surface area contributed by atoms with E-state index in [1.54, 1.807) is 6.07 Å². The Morgan fingerprint density at radius 1 is 1.20 bits per heavy atom. The van der Waals surface area contributed by atoms with Gasteiger partial charge in [0.05, 0.1) is 6.04 Å². The van der Waals surface area contributed by atoms with Gasteiger partial charge in [0.2, 0.25) is 0 Å². The summed E-state index contributed by atoms with van der Waals surface area (Å²) in [5.74, 6) is 0. The monoisotopic (exact) mass is 372 g/mol. The summed E-state index contributed by atoms with van der Waals surface area (Å²) in [7, 11) is 0. The zero-order valence-electron chi connectivity index (χ0n) is 11.0. The summed E-state index contributed by atoms with van der Waals surface area (Å²) in [6.45, 7) is 2.48. The minimum atomic E-state index is -0.0616. The van der Waals surface area contributed by atoms with Gasteiger partial charge in [-0.15, -0.1) is 0 Å². The summed E-state index contributed by atoms with van der Waals surface area (Å²) in [6, 6.07) is 11.5. The Bertz CT molecular complexity index is 597. The van der Waals surface area contributed by atoms with E-state index in [0.29, 0.717) is 16.6 Å². The summed E-state index contributed by atoms with van der Waals surface area (Å²) in [5, 5.41) is 4.64. The van der Waals surface area contributed by atoms with Crippen LogP contribution in [0.5, 0.6) is 0 Å². The summed E-state index contributed by atoms with van der Waals surface area (Å²) < 4.78 is 1.03. The van der Waals surface area contributed by atoms with Crippen LogP contribution in [0, 0.1) is 6.92 Å². The minimum absolute atomic E-state index is 0.0616. The molecule has 2 rings (SSSR count). The van der Waals surface area contributed by atoms with Gasteiger partial charge in [-0.3, -0.25) is 0 Å². The fourth-order valence-corrected chi connectivity index (χ4v) is 3.22. The third kappa shape index (κ3) is 3.89. The SMILES string of the molecule is Cc1cc(Br)cc(NC(CN)c2ccc(Cl)cc2Cl)c1. The molecule has 2 nitrogen and oxygen atoms in total. The van der Waals surface area contributed by atoms with Gasteiger partial charge in [0.15, 0.2) is 0 Å². The van der Waals surface area contributed by atoms with Crippen LogP contribution < -0.4 is 11.1 Å². The summed E-state index contributed by atoms with van der Waals surface area (Å²) in [4.78, 5) is 0. The van der Waals surface area contributed by atoms with E-state index >= 15 is 0 Å². The van der Waals surface area contributed by atoms with Crippen molar-refractivity contribution in [2.45, 2.75) is 13.0 Å². The van der Waals surface area contributed by atoms with Gasteiger partial charge in [-0.2, -0.15) is 0 Å². The molecule has 5 heteroatoms. The molecule has 0 amide bonds. The average molecular weight is 374 g/mol. The zero-order chi connectivity index (χ0) is 14.7. The quantitative estimate of drug-likeness (QED) is 0.775. The summed E-state index contributed by atoms with van der Waals surface area (Å²) in [5.41, 5.74) is 8.98. The first-order valence-electron chi connectivity index (χ1n) is 6.18. The number of anilines is 1. The van der Waals surface area contributed by atoms with Crippen molar-refractivity contribution in [2.75, 3.05) is 11.9 Å². The number of rotatable bonds is 4. The maximum Gasteiger partial charge on any atom is 0.0650 e. The Morgan fingerprint density at radius 2 is 1.95 bits per heavy atom. The van der Waals surface area contributed by atoms with E-state index in [9.17, 15) is 0 Å². The van der Waals surface area contributed by atoms with Crippen molar-refractivity contribution in [3.63, 3.8) is 0 Å². The van der Waals surface area contributed by atoms with Crippen LogP contribution in [0.2, 0.25) is 10.0 Å². The van der Waals surface area contributed by atoms with Crippen LogP contribution in [-0.4, -0.2) is 6.54 Å². The van der Waals surface area contributed by atoms with Crippen molar-refractivity contribution >= 4 is 44.8 Å². The van der Waals surface area contributed by atoms with E-state index in [-0.39, 0.29) is 6.04 Å². The summed E-state index contributed by atoms with van der Waals surface area (Å²) >= 11 is 15.7. The number of hydrogen-bond donors (Lipinski definition) is 2. The topological polar surface area (TPSA) is 38.0 Å². The maximum atomic E-state index is 6.24. The highest BCUT2D eigenvalue weighted by Gasteiger charge is 2.13. The smallest absolute Gasteiger partial charge is 0.0650 e. The van der Waals surface area contributed by atoms with Crippen LogP contribution in [0.4, 0.5) is 5.69 Å². The lowest BCUT2D eigenvalue weighted by molar-refractivity contribution is 0.790. The van der Waals surface area contributed by atoms with Crippen LogP contribution in [0.25, 0.3) is 0 Å². The third-order valence-corrected chi connectivity index (χ3v) is 3.98. The van der Waals surface area contributed by atoms with Gasteiger partial charge in [-0.1, -0.05) is 45.2 Å². The fraction of sp³-hybridized carbons (Fsp3) is 0.200. The second-order valence-electron chi connectivity index (χ2n) is 4.62. The van der Waals surface area contributed by atoms with Gasteiger partial charge in [0, 0.05) is 26.8 Å². The number of aryl methyl sites for hydroxylation is 1. The van der Waals surface area contributed by atoms with Gasteiger partial charge >= 0.3 is 0 Å². The fourth-order valence-electron chi connectivity index (χ4n) is 2.07. The Morgan fingerprint density at radius 3 is 2.55 bits per heavy atom. The molecule has 0 saturated carbocycles. The zero-order valence-corrected chi connectivity index (χ0v) is 14.1. The highest BCUT2D eigenvalue weighted by molar-refractivity contribution is 9.10. The minimum Gasteiger partial charge on any atom is -0.377 e. The molecule has 0 radical (unpaired) electrons. The Labute approximate surface area is 137 Å². The predicted octanol–water partition coefficient (Wildman–Crippen LogP) is 5.18. The van der Waals surface area contributed by atoms with Gasteiger partial charge in [0.25, 0.3) is 0 Å². The van der Waals surface area contributed by atoms with Gasteiger partial charge in [-0.25, -0.2) is 0 Å². The van der Waals surface area contributed by atoms with E-state index in [1.807, 2.05) is 25.1 Å². The molecule has 20 heavy (non-hydrogen) atoms. The van der Waals surface area contributed by atoms with Crippen LogP contribution in [0.3, 0.4) is 0 Å². The lowest BCUT2D eigenvalue weighted by Gasteiger charge is -2.20. The number of hydrogen-bond acceptors (Lipinski definition) is 2. The standard InChI is InChI=1S/C15H15BrCl2N2/c1-9-4-10(16)6-12(5-9)20-15(8-19)13-3-2-11(17)7-14(13)18/h2-7,15,20H,8,19H2,1H3. The highest BCUT2D eigenvalue weighted by Crippen LogP contribution is 2.29. The molecule has 2 aromatic rings. The molecule has 0 fully saturated rings. The van der Waals surface area contributed by atoms with E-state index < -0.39 is 0 Å². The molecular formula is C15H15BrCl2N2. The number of halogens is 3. The Hall–Kier alpha value is -0.740. The van der Waals surface area contributed by atoms with Gasteiger partial charge in [-0.05, 0) is 48.4 Å². The average Bonchev–Trinajstić information content (AvgIpc) is 2.35. The summed E-state index contributed by atoms with van der Waals surface area (Å²) in [6.07, 6.45) is 0. The molecule has 1 atom stereocenters. The number of nitrogens with one attached hydrogen (secondary N) is 1. The van der Waals surface area contributed by atoms with E-state index in [1.165, 1.54) is 5.56 Å². The van der Waals surface area contributed by atoms with Crippen LogP contribution in [0.1, 0.15) is 17.2 Å². The number of nitrogens with two attached hydrogens (primary N) is 1. The van der Waals surface area contributed by atoms with Crippen LogP contribution in [-0.2, 0) is 0 Å². The Kier molecular flexibility index (Phi) is 5.33. The number of benzene rings is 2. The molecule has 3 N–H and O–H groups in total. The molecule has 0 aliphatic heterocycles. The predicted molar refractivity (Wildman–Crippen MR) is 90.8 cm³/mol. The molecular weight excluding hydrogens is 359 g/mol. The first-order chi connectivity index (χ1) is 9.49. The van der Waals surface area contributed by atoms with E-state index in [2.05, 4.69) is 33.4 Å². The van der Waals surface area contributed by atoms with E-state index in [4.69, 9.17) is 28.9 Å². The van der Waals surface area contributed by atoms with Crippen LogP contribution in [0.15, 0.2) is 40.9 Å². The molecule has 2 aromatic carbocycles. The largest absolute Gasteiger partial charge is 0.377 e. The van der Waals surface area contributed by atoms with Crippen molar-refractivity contribution < 1.29 is 0 Å². The molecule has 0 spiro atoms. The van der Waals surface area contributed by atoms with Crippen molar-refractivity contribution in [1.29, 1.82) is 0 Å². The van der Waals surface area contributed by atoms with Gasteiger partial charge in [0.1, 0.15) is 0 Å². The lowest BCUT2D eigenvalue weighted by atomic mass is 10.1. The molecule has 1 unspecified atom stereocenters. The molecule has 0 aliphatic carbocycles. The second kappa shape index (κ2) is 6.81. The molecule has 0 aromatic heterocycles. The first kappa shape index (κ1) is 15.6. The normalized spacial score (nSPS) is 12.2. The first-order valence-corrected chi connectivity index (χ1v) is 7.73. The Balaban J connectivity index is 2.28. The third-order valence-electron chi connectivity index (χ3n) is 2.96. The second-order valence-corrected chi connectivity index (χ2v) is 6.38. The molecule has 0 saturated heterocycles. The highest BCUT2D eigenvalue weighted by atomic mass is 79.9. The van der Waals surface area contributed by atoms with E-state index in [0.717, 1.165) is 15.7 Å². The lowest BCUT2D eigenvalue weighted by Crippen LogP contribution is -2.21. The van der Waals surface area contributed by atoms with Crippen molar-refractivity contribution in [3.05, 3.63) is 62.0 Å². The van der Waals surface area contributed by atoms with Gasteiger partial charge < -0.3 is 11.1 Å². The molecule has 0 bridgehead atoms.